The summed E-state index contributed by atoms with van der Waals surface area (Å²) in [7, 11) is 0. The molecule has 4 rings (SSSR count). The number of amides is 1. The first-order valence-electron chi connectivity index (χ1n) is 10.3. The Morgan fingerprint density at radius 1 is 1.21 bits per heavy atom. The highest BCUT2D eigenvalue weighted by Gasteiger charge is 2.51. The number of anilines is 1. The SMILES string of the molecule is N#CC[C@H]1CC[C@H](N2CCC3(CCCN(c4ncc(Cl)cc4Cl)C3)C2=O)CC1. The van der Waals surface area contributed by atoms with Crippen molar-refractivity contribution in [3.8, 4) is 6.07 Å². The lowest BCUT2D eigenvalue weighted by Gasteiger charge is -2.41. The topological polar surface area (TPSA) is 60.2 Å². The summed E-state index contributed by atoms with van der Waals surface area (Å²) in [6.07, 6.45) is 9.26. The number of aromatic nitrogens is 1. The van der Waals surface area contributed by atoms with E-state index in [4.69, 9.17) is 28.5 Å². The first-order chi connectivity index (χ1) is 13.5. The van der Waals surface area contributed by atoms with E-state index in [1.807, 2.05) is 0 Å². The van der Waals surface area contributed by atoms with E-state index < -0.39 is 0 Å². The molecular weight excluding hydrogens is 395 g/mol. The minimum absolute atomic E-state index is 0.311. The van der Waals surface area contributed by atoms with Crippen LogP contribution in [0.4, 0.5) is 5.82 Å². The van der Waals surface area contributed by atoms with Crippen molar-refractivity contribution in [2.45, 2.75) is 57.4 Å². The van der Waals surface area contributed by atoms with Crippen molar-refractivity contribution < 1.29 is 4.79 Å². The van der Waals surface area contributed by atoms with Crippen LogP contribution in [0, 0.1) is 22.7 Å². The van der Waals surface area contributed by atoms with Gasteiger partial charge in [0, 0.05) is 38.3 Å². The number of piperidine rings is 1. The van der Waals surface area contributed by atoms with Crippen LogP contribution in [0.3, 0.4) is 0 Å². The summed E-state index contributed by atoms with van der Waals surface area (Å²) in [5.74, 6) is 1.55. The average Bonchev–Trinajstić information content (AvgIpc) is 2.99. The molecule has 1 aromatic heterocycles. The normalized spacial score (nSPS) is 30.7. The molecule has 1 amide bonds. The number of hydrogen-bond donors (Lipinski definition) is 0. The van der Waals surface area contributed by atoms with Crippen molar-refractivity contribution in [3.63, 3.8) is 0 Å². The maximum absolute atomic E-state index is 13.5. The van der Waals surface area contributed by atoms with Gasteiger partial charge in [0.2, 0.25) is 5.91 Å². The molecule has 2 saturated heterocycles. The summed E-state index contributed by atoms with van der Waals surface area (Å²) in [6, 6.07) is 4.35. The van der Waals surface area contributed by atoms with Gasteiger partial charge in [-0.25, -0.2) is 4.98 Å². The van der Waals surface area contributed by atoms with E-state index in [-0.39, 0.29) is 5.41 Å². The molecule has 5 nitrogen and oxygen atoms in total. The number of carbonyl (C=O) groups excluding carboxylic acids is 1. The lowest BCUT2D eigenvalue weighted by atomic mass is 9.78. The van der Waals surface area contributed by atoms with E-state index in [1.165, 1.54) is 0 Å². The molecule has 3 fully saturated rings. The van der Waals surface area contributed by atoms with Gasteiger partial charge >= 0.3 is 0 Å². The fourth-order valence-corrected chi connectivity index (χ4v) is 5.82. The highest BCUT2D eigenvalue weighted by atomic mass is 35.5. The number of carbonyl (C=O) groups is 1. The number of halogens is 2. The van der Waals surface area contributed by atoms with Gasteiger partial charge in [-0.3, -0.25) is 4.79 Å². The number of likely N-dealkylation sites (tertiary alicyclic amines) is 1. The number of rotatable bonds is 3. The summed E-state index contributed by atoms with van der Waals surface area (Å²) in [5.41, 5.74) is -0.313. The molecule has 1 saturated carbocycles. The molecule has 0 N–H and O–H groups in total. The molecule has 0 bridgehead atoms. The molecule has 28 heavy (non-hydrogen) atoms. The van der Waals surface area contributed by atoms with Crippen molar-refractivity contribution in [3.05, 3.63) is 22.3 Å². The van der Waals surface area contributed by atoms with Crippen LogP contribution in [0.25, 0.3) is 0 Å². The standard InChI is InChI=1S/C21H26Cl2N4O/c22-16-12-18(23)19(25-13-16)26-10-1-7-21(14-26)8-11-27(20(21)28)17-4-2-15(3-5-17)6-9-24/h12-13,15,17H,1-8,10-11,14H2/t15-,17-,21?. The molecule has 0 radical (unpaired) electrons. The average molecular weight is 421 g/mol. The Morgan fingerprint density at radius 2 is 2.00 bits per heavy atom. The minimum Gasteiger partial charge on any atom is -0.354 e. The van der Waals surface area contributed by atoms with Crippen molar-refractivity contribution in [1.82, 2.24) is 9.88 Å². The number of nitriles is 1. The van der Waals surface area contributed by atoms with Crippen LogP contribution >= 0.6 is 23.2 Å². The summed E-state index contributed by atoms with van der Waals surface area (Å²) < 4.78 is 0. The van der Waals surface area contributed by atoms with Gasteiger partial charge in [-0.05, 0) is 56.9 Å². The molecule has 1 unspecified atom stereocenters. The van der Waals surface area contributed by atoms with Gasteiger partial charge in [0.05, 0.1) is 21.5 Å². The monoisotopic (exact) mass is 420 g/mol. The van der Waals surface area contributed by atoms with Crippen molar-refractivity contribution in [2.24, 2.45) is 11.3 Å². The van der Waals surface area contributed by atoms with Gasteiger partial charge in [-0.1, -0.05) is 23.2 Å². The van der Waals surface area contributed by atoms with E-state index in [9.17, 15) is 4.79 Å². The summed E-state index contributed by atoms with van der Waals surface area (Å²) >= 11 is 12.4. The summed E-state index contributed by atoms with van der Waals surface area (Å²) in [6.45, 7) is 2.39. The third-order valence-corrected chi connectivity index (χ3v) is 7.33. The number of hydrogen-bond acceptors (Lipinski definition) is 4. The Bertz CT molecular complexity index is 787. The lowest BCUT2D eigenvalue weighted by Crippen LogP contribution is -2.50. The van der Waals surface area contributed by atoms with Crippen LogP contribution < -0.4 is 4.90 Å². The van der Waals surface area contributed by atoms with Crippen molar-refractivity contribution in [2.75, 3.05) is 24.5 Å². The first kappa shape index (κ1) is 19.8. The van der Waals surface area contributed by atoms with Crippen LogP contribution in [0.15, 0.2) is 12.3 Å². The van der Waals surface area contributed by atoms with Gasteiger partial charge in [0.25, 0.3) is 0 Å². The Labute approximate surface area is 176 Å². The zero-order chi connectivity index (χ0) is 19.7. The maximum Gasteiger partial charge on any atom is 0.230 e. The second-order valence-corrected chi connectivity index (χ2v) is 9.39. The largest absolute Gasteiger partial charge is 0.354 e. The Kier molecular flexibility index (Phi) is 5.71. The zero-order valence-corrected chi connectivity index (χ0v) is 17.6. The quantitative estimate of drug-likeness (QED) is 0.711. The van der Waals surface area contributed by atoms with E-state index >= 15 is 0 Å². The zero-order valence-electron chi connectivity index (χ0n) is 16.0. The minimum atomic E-state index is -0.313. The highest BCUT2D eigenvalue weighted by molar-refractivity contribution is 6.36. The second-order valence-electron chi connectivity index (χ2n) is 8.55. The predicted molar refractivity (Wildman–Crippen MR) is 110 cm³/mol. The Morgan fingerprint density at radius 3 is 2.71 bits per heavy atom. The molecular formula is C21H26Cl2N4O. The summed E-state index contributed by atoms with van der Waals surface area (Å²) in [4.78, 5) is 22.2. The molecule has 1 atom stereocenters. The van der Waals surface area contributed by atoms with Crippen LogP contribution in [0.5, 0.6) is 0 Å². The van der Waals surface area contributed by atoms with Crippen molar-refractivity contribution >= 4 is 34.9 Å². The highest BCUT2D eigenvalue weighted by Crippen LogP contribution is 2.44. The fraction of sp³-hybridized carbons (Fsp3) is 0.667. The van der Waals surface area contributed by atoms with Crippen LogP contribution in [-0.2, 0) is 4.79 Å². The van der Waals surface area contributed by atoms with E-state index in [0.717, 1.165) is 63.9 Å². The third kappa shape index (κ3) is 3.69. The lowest BCUT2D eigenvalue weighted by molar-refractivity contribution is -0.139. The number of pyridine rings is 1. The molecule has 2 aliphatic heterocycles. The molecule has 0 aromatic carbocycles. The van der Waals surface area contributed by atoms with Crippen LogP contribution in [0.1, 0.15) is 51.4 Å². The Balaban J connectivity index is 1.45. The van der Waals surface area contributed by atoms with E-state index in [0.29, 0.717) is 40.9 Å². The van der Waals surface area contributed by atoms with Crippen LogP contribution in [-0.4, -0.2) is 41.5 Å². The van der Waals surface area contributed by atoms with Gasteiger partial charge in [-0.2, -0.15) is 5.26 Å². The summed E-state index contributed by atoms with van der Waals surface area (Å²) in [5, 5.41) is 9.98. The second kappa shape index (κ2) is 8.08. The molecule has 3 heterocycles. The molecule has 7 heteroatoms. The molecule has 1 spiro atoms. The number of nitrogens with zero attached hydrogens (tertiary/aromatic N) is 4. The smallest absolute Gasteiger partial charge is 0.230 e. The van der Waals surface area contributed by atoms with Gasteiger partial charge in [0.1, 0.15) is 5.82 Å². The van der Waals surface area contributed by atoms with Crippen LogP contribution in [0.2, 0.25) is 10.0 Å². The van der Waals surface area contributed by atoms with E-state index in [2.05, 4.69) is 20.9 Å². The third-order valence-electron chi connectivity index (χ3n) is 6.85. The molecule has 3 aliphatic rings. The first-order valence-corrected chi connectivity index (χ1v) is 11.0. The van der Waals surface area contributed by atoms with Gasteiger partial charge < -0.3 is 9.80 Å². The Hall–Kier alpha value is -1.51. The molecule has 1 aromatic rings. The maximum atomic E-state index is 13.5. The molecule has 150 valence electrons. The molecule has 1 aliphatic carbocycles. The van der Waals surface area contributed by atoms with E-state index in [1.54, 1.807) is 12.3 Å². The fourth-order valence-electron chi connectivity index (χ4n) is 5.32. The predicted octanol–water partition coefficient (Wildman–Crippen LogP) is 4.68. The van der Waals surface area contributed by atoms with Gasteiger partial charge in [0.15, 0.2) is 0 Å². The van der Waals surface area contributed by atoms with Crippen molar-refractivity contribution in [1.29, 1.82) is 5.26 Å². The van der Waals surface area contributed by atoms with Gasteiger partial charge in [-0.15, -0.1) is 0 Å².